The number of thioether (sulfide) groups is 1. The maximum atomic E-state index is 13.2. The van der Waals surface area contributed by atoms with Crippen LogP contribution in [0.4, 0.5) is 5.95 Å². The third kappa shape index (κ3) is 5.82. The van der Waals surface area contributed by atoms with Gasteiger partial charge >= 0.3 is 5.97 Å². The normalized spacial score (nSPS) is 14.7. The van der Waals surface area contributed by atoms with Gasteiger partial charge in [-0.05, 0) is 31.9 Å². The molecule has 7 nitrogen and oxygen atoms in total. The zero-order valence-electron chi connectivity index (χ0n) is 21.0. The van der Waals surface area contributed by atoms with Crippen molar-refractivity contribution in [2.24, 2.45) is 0 Å². The van der Waals surface area contributed by atoms with Crippen molar-refractivity contribution in [3.05, 3.63) is 89.1 Å². The zero-order chi connectivity index (χ0) is 25.5. The van der Waals surface area contributed by atoms with Gasteiger partial charge in [0.25, 0.3) is 0 Å². The number of fused-ring (bicyclic) bond motifs is 1. The summed E-state index contributed by atoms with van der Waals surface area (Å²) in [6.45, 7) is 10.3. The van der Waals surface area contributed by atoms with E-state index in [1.54, 1.807) is 22.5 Å². The molecule has 0 radical (unpaired) electrons. The number of para-hydroxylation sites is 1. The number of aryl methyl sites for hydroxylation is 1. The van der Waals surface area contributed by atoms with Gasteiger partial charge in [-0.2, -0.15) is 4.98 Å². The molecule has 4 rings (SSSR count). The molecule has 0 saturated carbocycles. The van der Waals surface area contributed by atoms with Crippen LogP contribution in [0.25, 0.3) is 0 Å². The lowest BCUT2D eigenvalue weighted by Gasteiger charge is -2.29. The minimum absolute atomic E-state index is 0.121. The molecular weight excluding hydrogens is 472 g/mol. The number of anilines is 1. The zero-order valence-corrected chi connectivity index (χ0v) is 21.8. The third-order valence-corrected chi connectivity index (χ3v) is 6.77. The summed E-state index contributed by atoms with van der Waals surface area (Å²) in [6.07, 6.45) is 3.74. The van der Waals surface area contributed by atoms with Crippen LogP contribution in [0.5, 0.6) is 5.75 Å². The van der Waals surface area contributed by atoms with E-state index >= 15 is 0 Å². The Labute approximate surface area is 216 Å². The average Bonchev–Trinajstić information content (AvgIpc) is 3.28. The highest BCUT2D eigenvalue weighted by Gasteiger charge is 2.36. The van der Waals surface area contributed by atoms with Crippen LogP contribution < -0.4 is 10.1 Å². The Morgan fingerprint density at radius 3 is 2.72 bits per heavy atom. The second-order valence-corrected chi connectivity index (χ2v) is 9.69. The highest BCUT2D eigenvalue weighted by molar-refractivity contribution is 7.99. The summed E-state index contributed by atoms with van der Waals surface area (Å²) in [4.78, 5) is 17.9. The van der Waals surface area contributed by atoms with Crippen LogP contribution in [0.3, 0.4) is 0 Å². The van der Waals surface area contributed by atoms with Gasteiger partial charge in [0.1, 0.15) is 25.0 Å². The number of ether oxygens (including phenoxy) is 2. The second kappa shape index (κ2) is 11.9. The monoisotopic (exact) mass is 504 g/mol. The lowest BCUT2D eigenvalue weighted by atomic mass is 9.95. The number of rotatable bonds is 11. The summed E-state index contributed by atoms with van der Waals surface area (Å²) in [7, 11) is 0. The van der Waals surface area contributed by atoms with E-state index < -0.39 is 12.0 Å². The SMILES string of the molecule is C=CCOC(=O)C1=C(C)Nc2nc(SCCCC)nn2C1c1ccccc1OCc1ccc(C)cc1. The highest BCUT2D eigenvalue weighted by Crippen LogP contribution is 2.40. The summed E-state index contributed by atoms with van der Waals surface area (Å²) >= 11 is 1.61. The van der Waals surface area contributed by atoms with Gasteiger partial charge in [-0.3, -0.25) is 0 Å². The van der Waals surface area contributed by atoms with E-state index in [1.807, 2.05) is 31.2 Å². The smallest absolute Gasteiger partial charge is 0.338 e. The van der Waals surface area contributed by atoms with Gasteiger partial charge in [0.05, 0.1) is 5.57 Å². The predicted molar refractivity (Wildman–Crippen MR) is 143 cm³/mol. The van der Waals surface area contributed by atoms with Crippen molar-refractivity contribution in [1.29, 1.82) is 0 Å². The maximum Gasteiger partial charge on any atom is 0.338 e. The van der Waals surface area contributed by atoms with Crippen LogP contribution in [0, 0.1) is 6.92 Å². The Hall–Kier alpha value is -3.52. The Bertz CT molecular complexity index is 1250. The first-order valence-electron chi connectivity index (χ1n) is 12.1. The summed E-state index contributed by atoms with van der Waals surface area (Å²) in [5.41, 5.74) is 4.21. The van der Waals surface area contributed by atoms with Crippen LogP contribution >= 0.6 is 11.8 Å². The molecule has 0 bridgehead atoms. The summed E-state index contributed by atoms with van der Waals surface area (Å²) in [5, 5.41) is 8.70. The standard InChI is InChI=1S/C28H32N4O3S/c1-5-7-17-36-28-30-27-29-20(4)24(26(33)34-16-6-2)25(32(27)31-28)22-10-8-9-11-23(22)35-18-21-14-12-19(3)13-15-21/h6,8-15,25H,2,5,7,16-18H2,1,3-4H3,(H,29,30,31). The molecule has 8 heteroatoms. The third-order valence-electron chi connectivity index (χ3n) is 5.84. The molecule has 1 aliphatic heterocycles. The van der Waals surface area contributed by atoms with Crippen LogP contribution in [0.2, 0.25) is 0 Å². The number of hydrogen-bond donors (Lipinski definition) is 1. The van der Waals surface area contributed by atoms with E-state index in [1.165, 1.54) is 5.56 Å². The Kier molecular flexibility index (Phi) is 8.48. The van der Waals surface area contributed by atoms with Crippen molar-refractivity contribution in [3.8, 4) is 5.75 Å². The number of esters is 1. The van der Waals surface area contributed by atoms with Gasteiger partial charge in [0, 0.05) is 17.0 Å². The second-order valence-electron chi connectivity index (χ2n) is 8.63. The minimum Gasteiger partial charge on any atom is -0.489 e. The molecule has 3 aromatic rings. The molecular formula is C28H32N4O3S. The fourth-order valence-electron chi connectivity index (χ4n) is 3.95. The Morgan fingerprint density at radius 2 is 1.97 bits per heavy atom. The van der Waals surface area contributed by atoms with Crippen molar-refractivity contribution in [3.63, 3.8) is 0 Å². The van der Waals surface area contributed by atoms with Crippen molar-refractivity contribution in [2.45, 2.75) is 51.4 Å². The Morgan fingerprint density at radius 1 is 1.19 bits per heavy atom. The number of allylic oxidation sites excluding steroid dienone is 1. The summed E-state index contributed by atoms with van der Waals surface area (Å²) in [5.74, 6) is 1.76. The molecule has 0 spiro atoms. The molecule has 1 aromatic heterocycles. The van der Waals surface area contributed by atoms with E-state index in [0.717, 1.165) is 29.7 Å². The number of benzene rings is 2. The molecule has 36 heavy (non-hydrogen) atoms. The fourth-order valence-corrected chi connectivity index (χ4v) is 4.86. The van der Waals surface area contributed by atoms with Crippen molar-refractivity contribution < 1.29 is 14.3 Å². The molecule has 1 N–H and O–H groups in total. The van der Waals surface area contributed by atoms with Gasteiger partial charge in [-0.15, -0.1) is 5.10 Å². The number of nitrogens with zero attached hydrogens (tertiary/aromatic N) is 3. The maximum absolute atomic E-state index is 13.2. The summed E-state index contributed by atoms with van der Waals surface area (Å²) in [6, 6.07) is 15.4. The Balaban J connectivity index is 1.72. The molecule has 1 aliphatic rings. The minimum atomic E-state index is -0.555. The number of unbranched alkanes of at least 4 members (excludes halogenated alkanes) is 1. The van der Waals surface area contributed by atoms with Gasteiger partial charge in [-0.1, -0.05) is 85.8 Å². The predicted octanol–water partition coefficient (Wildman–Crippen LogP) is 6.08. The van der Waals surface area contributed by atoms with Crippen LogP contribution in [-0.4, -0.2) is 33.1 Å². The number of hydrogen-bond acceptors (Lipinski definition) is 7. The van der Waals surface area contributed by atoms with Gasteiger partial charge in [0.2, 0.25) is 11.1 Å². The molecule has 2 heterocycles. The highest BCUT2D eigenvalue weighted by atomic mass is 32.2. The molecule has 188 valence electrons. The molecule has 2 aromatic carbocycles. The lowest BCUT2D eigenvalue weighted by molar-refractivity contribution is -0.138. The fraction of sp³-hybridized carbons (Fsp3) is 0.321. The molecule has 1 unspecified atom stereocenters. The average molecular weight is 505 g/mol. The topological polar surface area (TPSA) is 78.3 Å². The van der Waals surface area contributed by atoms with Crippen molar-refractivity contribution in [2.75, 3.05) is 17.7 Å². The quantitative estimate of drug-likeness (QED) is 0.147. The number of nitrogens with one attached hydrogen (secondary N) is 1. The van der Waals surface area contributed by atoms with E-state index in [2.05, 4.69) is 50.0 Å². The molecule has 0 fully saturated rings. The van der Waals surface area contributed by atoms with E-state index in [9.17, 15) is 4.79 Å². The summed E-state index contributed by atoms with van der Waals surface area (Å²) < 4.78 is 13.5. The largest absolute Gasteiger partial charge is 0.489 e. The van der Waals surface area contributed by atoms with Gasteiger partial charge in [0.15, 0.2) is 0 Å². The molecule has 0 aliphatic carbocycles. The van der Waals surface area contributed by atoms with Crippen LogP contribution in [0.15, 0.2) is 77.6 Å². The number of carbonyl (C=O) groups is 1. The van der Waals surface area contributed by atoms with Gasteiger partial charge in [-0.25, -0.2) is 9.48 Å². The number of aromatic nitrogens is 3. The van der Waals surface area contributed by atoms with Crippen molar-refractivity contribution >= 4 is 23.7 Å². The number of carbonyl (C=O) groups excluding carboxylic acids is 1. The van der Waals surface area contributed by atoms with Crippen LogP contribution in [-0.2, 0) is 16.1 Å². The van der Waals surface area contributed by atoms with E-state index in [-0.39, 0.29) is 6.61 Å². The van der Waals surface area contributed by atoms with Crippen LogP contribution in [0.1, 0.15) is 49.4 Å². The first-order chi connectivity index (χ1) is 17.5. The van der Waals surface area contributed by atoms with Gasteiger partial charge < -0.3 is 14.8 Å². The first-order valence-corrected chi connectivity index (χ1v) is 13.1. The molecule has 1 atom stereocenters. The molecule has 0 saturated heterocycles. The first kappa shape index (κ1) is 25.6. The van der Waals surface area contributed by atoms with E-state index in [4.69, 9.17) is 19.6 Å². The van der Waals surface area contributed by atoms with E-state index in [0.29, 0.717) is 34.7 Å². The molecule has 0 amide bonds. The lowest BCUT2D eigenvalue weighted by Crippen LogP contribution is -2.30. The van der Waals surface area contributed by atoms with Crippen molar-refractivity contribution in [1.82, 2.24) is 14.8 Å².